The Hall–Kier alpha value is -2.73. The van der Waals surface area contributed by atoms with Crippen LogP contribution in [0.2, 0.25) is 0 Å². The van der Waals surface area contributed by atoms with Gasteiger partial charge >= 0.3 is 11.9 Å². The first-order valence-corrected chi connectivity index (χ1v) is 10.9. The summed E-state index contributed by atoms with van der Waals surface area (Å²) in [5.41, 5.74) is 5.86. The van der Waals surface area contributed by atoms with Crippen LogP contribution in [0.5, 0.6) is 0 Å². The number of carbonyl (C=O) groups is 5. The van der Waals surface area contributed by atoms with Gasteiger partial charge in [0.15, 0.2) is 0 Å². The second kappa shape index (κ2) is 13.7. The van der Waals surface area contributed by atoms with Crippen LogP contribution in [-0.4, -0.2) is 75.3 Å². The van der Waals surface area contributed by atoms with Crippen LogP contribution in [0.4, 0.5) is 0 Å². The highest BCUT2D eigenvalue weighted by Crippen LogP contribution is 2.10. The fraction of sp³-hybridized carbons (Fsp3) is 0.762. The molecule has 8 N–H and O–H groups in total. The lowest BCUT2D eigenvalue weighted by molar-refractivity contribution is -0.147. The SMILES string of the molecule is CC(C)C[C@H](N)[C@H](O)C(=O)N[C@H](C(=O)N[C@@H](C(=O)N[C@H](CC(=O)O)C(=O)O)C(C)C)C(C)C. The number of hydrogen-bond acceptors (Lipinski definition) is 7. The molecule has 190 valence electrons. The third-order valence-electron chi connectivity index (χ3n) is 4.90. The highest BCUT2D eigenvalue weighted by Gasteiger charge is 2.34. The molecule has 0 bridgehead atoms. The van der Waals surface area contributed by atoms with E-state index in [1.165, 1.54) is 0 Å². The first-order valence-electron chi connectivity index (χ1n) is 10.9. The molecule has 0 heterocycles. The Balaban J connectivity index is 5.41. The van der Waals surface area contributed by atoms with Gasteiger partial charge < -0.3 is 37.0 Å². The molecule has 0 saturated carbocycles. The number of aliphatic hydroxyl groups is 1. The van der Waals surface area contributed by atoms with Gasteiger partial charge in [0, 0.05) is 6.04 Å². The van der Waals surface area contributed by atoms with Gasteiger partial charge in [-0.3, -0.25) is 19.2 Å². The average Bonchev–Trinajstić information content (AvgIpc) is 2.66. The summed E-state index contributed by atoms with van der Waals surface area (Å²) < 4.78 is 0. The van der Waals surface area contributed by atoms with Gasteiger partial charge in [0.05, 0.1) is 6.42 Å². The van der Waals surface area contributed by atoms with E-state index in [-0.39, 0.29) is 5.92 Å². The van der Waals surface area contributed by atoms with Gasteiger partial charge in [-0.15, -0.1) is 0 Å². The van der Waals surface area contributed by atoms with Crippen molar-refractivity contribution in [3.63, 3.8) is 0 Å². The fourth-order valence-corrected chi connectivity index (χ4v) is 3.06. The van der Waals surface area contributed by atoms with Crippen LogP contribution in [0.1, 0.15) is 54.4 Å². The Labute approximate surface area is 193 Å². The summed E-state index contributed by atoms with van der Waals surface area (Å²) in [7, 11) is 0. The molecule has 0 rings (SSSR count). The first-order chi connectivity index (χ1) is 15.1. The summed E-state index contributed by atoms with van der Waals surface area (Å²) in [6, 6.07) is -4.80. The minimum absolute atomic E-state index is 0.146. The van der Waals surface area contributed by atoms with Crippen LogP contribution < -0.4 is 21.7 Å². The lowest BCUT2D eigenvalue weighted by atomic mass is 9.97. The Morgan fingerprint density at radius 2 is 1.18 bits per heavy atom. The number of carboxylic acid groups (broad SMARTS) is 2. The highest BCUT2D eigenvalue weighted by molar-refractivity contribution is 5.94. The van der Waals surface area contributed by atoms with Gasteiger partial charge in [-0.1, -0.05) is 41.5 Å². The number of amides is 3. The summed E-state index contributed by atoms with van der Waals surface area (Å²) in [6.45, 7) is 10.3. The van der Waals surface area contributed by atoms with Crippen LogP contribution in [0.25, 0.3) is 0 Å². The fourth-order valence-electron chi connectivity index (χ4n) is 3.06. The summed E-state index contributed by atoms with van der Waals surface area (Å²) in [6.07, 6.45) is -1.97. The normalized spacial score (nSPS) is 16.0. The molecule has 0 spiro atoms. The van der Waals surface area contributed by atoms with Gasteiger partial charge in [0.25, 0.3) is 5.91 Å². The smallest absolute Gasteiger partial charge is 0.326 e. The van der Waals surface area contributed by atoms with Gasteiger partial charge in [0.1, 0.15) is 24.2 Å². The number of aliphatic carboxylic acids is 2. The first kappa shape index (κ1) is 30.3. The van der Waals surface area contributed by atoms with Crippen LogP contribution in [0.3, 0.4) is 0 Å². The van der Waals surface area contributed by atoms with Crippen LogP contribution in [-0.2, 0) is 24.0 Å². The van der Waals surface area contributed by atoms with E-state index < -0.39 is 78.2 Å². The van der Waals surface area contributed by atoms with Gasteiger partial charge in [-0.2, -0.15) is 0 Å². The van der Waals surface area contributed by atoms with E-state index in [0.717, 1.165) is 0 Å². The molecule has 0 aromatic rings. The minimum Gasteiger partial charge on any atom is -0.481 e. The highest BCUT2D eigenvalue weighted by atomic mass is 16.4. The molecule has 33 heavy (non-hydrogen) atoms. The van der Waals surface area contributed by atoms with Crippen LogP contribution in [0, 0.1) is 17.8 Å². The number of rotatable bonds is 14. The number of nitrogens with one attached hydrogen (secondary N) is 3. The molecule has 5 atom stereocenters. The molecule has 12 heteroatoms. The zero-order valence-corrected chi connectivity index (χ0v) is 20.0. The van der Waals surface area contributed by atoms with Crippen molar-refractivity contribution in [3.8, 4) is 0 Å². The van der Waals surface area contributed by atoms with Crippen molar-refractivity contribution in [2.24, 2.45) is 23.5 Å². The van der Waals surface area contributed by atoms with Crippen molar-refractivity contribution < 1.29 is 39.3 Å². The molecule has 0 fully saturated rings. The van der Waals surface area contributed by atoms with E-state index in [4.69, 9.17) is 15.9 Å². The number of carboxylic acids is 2. The van der Waals surface area contributed by atoms with Crippen molar-refractivity contribution in [1.29, 1.82) is 0 Å². The molecule has 3 amide bonds. The van der Waals surface area contributed by atoms with Gasteiger partial charge in [-0.05, 0) is 24.2 Å². The second-order valence-electron chi connectivity index (χ2n) is 9.20. The molecule has 0 unspecified atom stereocenters. The van der Waals surface area contributed by atoms with Gasteiger partial charge in [0.2, 0.25) is 11.8 Å². The molecule has 0 saturated heterocycles. The summed E-state index contributed by atoms with van der Waals surface area (Å²) in [5, 5.41) is 35.2. The van der Waals surface area contributed by atoms with Crippen LogP contribution >= 0.6 is 0 Å². The Morgan fingerprint density at radius 1 is 0.758 bits per heavy atom. The van der Waals surface area contributed by atoms with E-state index in [9.17, 15) is 29.1 Å². The van der Waals surface area contributed by atoms with Crippen molar-refractivity contribution in [2.75, 3.05) is 0 Å². The monoisotopic (exact) mass is 474 g/mol. The molecule has 0 aromatic heterocycles. The maximum Gasteiger partial charge on any atom is 0.326 e. The Kier molecular flexibility index (Phi) is 12.6. The Bertz CT molecular complexity index is 710. The third kappa shape index (κ3) is 10.6. The van der Waals surface area contributed by atoms with E-state index in [1.54, 1.807) is 27.7 Å². The number of aliphatic hydroxyl groups excluding tert-OH is 1. The topological polar surface area (TPSA) is 208 Å². The maximum atomic E-state index is 12.9. The molecule has 12 nitrogen and oxygen atoms in total. The minimum atomic E-state index is -1.67. The maximum absolute atomic E-state index is 12.9. The Morgan fingerprint density at radius 3 is 1.55 bits per heavy atom. The zero-order chi connectivity index (χ0) is 26.0. The molecular weight excluding hydrogens is 436 g/mol. The third-order valence-corrected chi connectivity index (χ3v) is 4.90. The molecule has 0 aromatic carbocycles. The molecule has 0 aliphatic heterocycles. The van der Waals surface area contributed by atoms with E-state index in [1.807, 2.05) is 13.8 Å². The standard InChI is InChI=1S/C21H38N4O8/c1-9(2)7-12(22)17(28)20(31)25-16(11(5)6)19(30)24-15(10(3)4)18(29)23-13(21(32)33)8-14(26)27/h9-13,15-17,28H,7-8,22H2,1-6H3,(H,23,29)(H,24,30)(H,25,31)(H,26,27)(H,32,33)/t12-,13+,15+,16-,17-/m0/s1. The van der Waals surface area contributed by atoms with E-state index in [0.29, 0.717) is 6.42 Å². The predicted molar refractivity (Wildman–Crippen MR) is 119 cm³/mol. The molecule has 0 radical (unpaired) electrons. The predicted octanol–water partition coefficient (Wildman–Crippen LogP) is -0.954. The van der Waals surface area contributed by atoms with E-state index in [2.05, 4.69) is 16.0 Å². The average molecular weight is 475 g/mol. The lowest BCUT2D eigenvalue weighted by Crippen LogP contribution is -2.60. The van der Waals surface area contributed by atoms with Crippen molar-refractivity contribution >= 4 is 29.7 Å². The quantitative estimate of drug-likeness (QED) is 0.165. The lowest BCUT2D eigenvalue weighted by Gasteiger charge is -2.29. The summed E-state index contributed by atoms with van der Waals surface area (Å²) in [5.74, 6) is -6.12. The van der Waals surface area contributed by atoms with E-state index >= 15 is 0 Å². The zero-order valence-electron chi connectivity index (χ0n) is 20.0. The van der Waals surface area contributed by atoms with Crippen molar-refractivity contribution in [2.45, 2.75) is 84.7 Å². The molecular formula is C21H38N4O8. The summed E-state index contributed by atoms with van der Waals surface area (Å²) >= 11 is 0. The van der Waals surface area contributed by atoms with Crippen molar-refractivity contribution in [1.82, 2.24) is 16.0 Å². The van der Waals surface area contributed by atoms with Crippen LogP contribution in [0.15, 0.2) is 0 Å². The number of hydrogen-bond donors (Lipinski definition) is 7. The number of carbonyl (C=O) groups excluding carboxylic acids is 3. The second-order valence-corrected chi connectivity index (χ2v) is 9.20. The van der Waals surface area contributed by atoms with Gasteiger partial charge in [-0.25, -0.2) is 4.79 Å². The summed E-state index contributed by atoms with van der Waals surface area (Å²) in [4.78, 5) is 60.0. The van der Waals surface area contributed by atoms with Crippen molar-refractivity contribution in [3.05, 3.63) is 0 Å². The molecule has 0 aliphatic carbocycles. The molecule has 0 aliphatic rings. The largest absolute Gasteiger partial charge is 0.481 e. The number of nitrogens with two attached hydrogens (primary N) is 1.